The summed E-state index contributed by atoms with van der Waals surface area (Å²) in [4.78, 5) is 71.9. The highest BCUT2D eigenvalue weighted by Gasteiger charge is 2.30. The molecule has 0 aromatic carbocycles. The number of phosphoric ester groups is 2. The van der Waals surface area contributed by atoms with Gasteiger partial charge in [-0.2, -0.15) is 0 Å². The standard InChI is InChI=1S/C61H118O17P2/c1-6-9-12-15-18-25-31-35-40-45-59(64)72-51-57(78-61(66)47-42-37-32-27-24-22-21-23-26-28-33-38-43-54(4)5)53-76-80(69,70)74-49-55(62)48-73-79(67,68)75-52-56(77-60(65)46-41-36-30-20-17-14-11-8-3)50-71-58(63)44-39-34-29-19-16-13-10-7-2/h54-57,62H,6-53H2,1-5H3,(H,67,68)(H,69,70)/t55-,56+,57+/m0/s1. The number of hydrogen-bond acceptors (Lipinski definition) is 15. The second kappa shape index (κ2) is 55.0. The van der Waals surface area contributed by atoms with Crippen molar-refractivity contribution in [2.45, 2.75) is 323 Å². The maximum atomic E-state index is 12.9. The van der Waals surface area contributed by atoms with Crippen molar-refractivity contribution in [2.24, 2.45) is 5.92 Å². The summed E-state index contributed by atoms with van der Waals surface area (Å²) < 4.78 is 67.7. The molecule has 2 unspecified atom stereocenters. The van der Waals surface area contributed by atoms with E-state index in [1.807, 2.05) is 0 Å². The van der Waals surface area contributed by atoms with Gasteiger partial charge in [-0.15, -0.1) is 0 Å². The number of aliphatic hydroxyl groups is 1. The van der Waals surface area contributed by atoms with Gasteiger partial charge in [0, 0.05) is 25.7 Å². The molecule has 80 heavy (non-hydrogen) atoms. The van der Waals surface area contributed by atoms with Crippen LogP contribution in [0.4, 0.5) is 0 Å². The predicted octanol–water partition coefficient (Wildman–Crippen LogP) is 16.6. The summed E-state index contributed by atoms with van der Waals surface area (Å²) in [5.74, 6) is -1.37. The molecule has 0 saturated heterocycles. The first-order valence-corrected chi connectivity index (χ1v) is 35.1. The molecule has 0 aliphatic carbocycles. The maximum absolute atomic E-state index is 12.9. The van der Waals surface area contributed by atoms with Gasteiger partial charge in [-0.3, -0.25) is 37.3 Å². The van der Waals surface area contributed by atoms with Crippen molar-refractivity contribution < 1.29 is 80.2 Å². The fraction of sp³-hybridized carbons (Fsp3) is 0.934. The minimum atomic E-state index is -4.94. The van der Waals surface area contributed by atoms with Crippen LogP contribution < -0.4 is 0 Å². The van der Waals surface area contributed by atoms with Gasteiger partial charge in [0.1, 0.15) is 19.3 Å². The van der Waals surface area contributed by atoms with E-state index in [2.05, 4.69) is 34.6 Å². The fourth-order valence-corrected chi connectivity index (χ4v) is 10.6. The van der Waals surface area contributed by atoms with Crippen molar-refractivity contribution in [3.8, 4) is 0 Å². The zero-order chi connectivity index (χ0) is 59.2. The third-order valence-corrected chi connectivity index (χ3v) is 15.9. The van der Waals surface area contributed by atoms with Crippen LogP contribution in [-0.4, -0.2) is 96.7 Å². The molecule has 0 aromatic heterocycles. The molecule has 19 heteroatoms. The highest BCUT2D eigenvalue weighted by Crippen LogP contribution is 2.45. The van der Waals surface area contributed by atoms with E-state index in [9.17, 15) is 43.2 Å². The number of aliphatic hydroxyl groups excluding tert-OH is 1. The Bertz CT molecular complexity index is 1570. The van der Waals surface area contributed by atoms with E-state index >= 15 is 0 Å². The van der Waals surface area contributed by atoms with Gasteiger partial charge in [-0.1, -0.05) is 253 Å². The van der Waals surface area contributed by atoms with E-state index in [0.29, 0.717) is 25.7 Å². The molecule has 5 atom stereocenters. The average Bonchev–Trinajstić information content (AvgIpc) is 3.42. The van der Waals surface area contributed by atoms with E-state index in [0.717, 1.165) is 109 Å². The molecule has 0 amide bonds. The highest BCUT2D eigenvalue weighted by atomic mass is 31.2. The zero-order valence-corrected chi connectivity index (χ0v) is 53.0. The zero-order valence-electron chi connectivity index (χ0n) is 51.2. The Hall–Kier alpha value is -1.94. The quantitative estimate of drug-likeness (QED) is 0.0222. The van der Waals surface area contributed by atoms with Crippen molar-refractivity contribution in [3.05, 3.63) is 0 Å². The van der Waals surface area contributed by atoms with Gasteiger partial charge in [0.15, 0.2) is 12.2 Å². The van der Waals surface area contributed by atoms with Gasteiger partial charge < -0.3 is 33.8 Å². The van der Waals surface area contributed by atoms with E-state index in [1.54, 1.807) is 0 Å². The topological polar surface area (TPSA) is 237 Å². The Kier molecular flexibility index (Phi) is 53.6. The van der Waals surface area contributed by atoms with Gasteiger partial charge in [0.2, 0.25) is 0 Å². The largest absolute Gasteiger partial charge is 0.472 e. The summed E-state index contributed by atoms with van der Waals surface area (Å²) in [6.45, 7) is 7.11. The van der Waals surface area contributed by atoms with Crippen LogP contribution in [0, 0.1) is 5.92 Å². The second-order valence-corrected chi connectivity index (χ2v) is 25.5. The number of ether oxygens (including phenoxy) is 4. The molecule has 0 bridgehead atoms. The van der Waals surface area contributed by atoms with Crippen LogP contribution in [0.3, 0.4) is 0 Å². The molecule has 0 fully saturated rings. The lowest BCUT2D eigenvalue weighted by Gasteiger charge is -2.21. The fourth-order valence-electron chi connectivity index (χ4n) is 9.05. The number of carbonyl (C=O) groups is 4. The summed E-state index contributed by atoms with van der Waals surface area (Å²) in [6.07, 6.45) is 37.6. The number of rotatable bonds is 61. The molecule has 17 nitrogen and oxygen atoms in total. The second-order valence-electron chi connectivity index (χ2n) is 22.6. The first kappa shape index (κ1) is 78.1. The Morgan fingerprint density at radius 3 is 0.850 bits per heavy atom. The van der Waals surface area contributed by atoms with Gasteiger partial charge in [-0.05, 0) is 31.6 Å². The number of hydrogen-bond donors (Lipinski definition) is 3. The van der Waals surface area contributed by atoms with Crippen molar-refractivity contribution in [2.75, 3.05) is 39.6 Å². The van der Waals surface area contributed by atoms with Crippen LogP contribution in [0.15, 0.2) is 0 Å². The molecule has 0 aromatic rings. The third kappa shape index (κ3) is 55.3. The minimum absolute atomic E-state index is 0.105. The minimum Gasteiger partial charge on any atom is -0.462 e. The average molecular weight is 1190 g/mol. The number of carbonyl (C=O) groups excluding carboxylic acids is 4. The van der Waals surface area contributed by atoms with Crippen molar-refractivity contribution >= 4 is 39.5 Å². The van der Waals surface area contributed by atoms with Crippen LogP contribution in [0.5, 0.6) is 0 Å². The van der Waals surface area contributed by atoms with Gasteiger partial charge in [-0.25, -0.2) is 9.13 Å². The molecule has 0 aliphatic heterocycles. The monoisotopic (exact) mass is 1180 g/mol. The lowest BCUT2D eigenvalue weighted by Crippen LogP contribution is -2.30. The van der Waals surface area contributed by atoms with Gasteiger partial charge in [0.25, 0.3) is 0 Å². The molecular weight excluding hydrogens is 1070 g/mol. The smallest absolute Gasteiger partial charge is 0.462 e. The molecule has 0 spiro atoms. The van der Waals surface area contributed by atoms with Crippen LogP contribution in [0.2, 0.25) is 0 Å². The van der Waals surface area contributed by atoms with E-state index in [1.165, 1.54) is 116 Å². The third-order valence-electron chi connectivity index (χ3n) is 14.0. The molecule has 0 saturated carbocycles. The lowest BCUT2D eigenvalue weighted by atomic mass is 10.0. The summed E-state index contributed by atoms with van der Waals surface area (Å²) in [5.41, 5.74) is 0. The summed E-state index contributed by atoms with van der Waals surface area (Å²) in [6, 6.07) is 0. The van der Waals surface area contributed by atoms with Crippen molar-refractivity contribution in [3.63, 3.8) is 0 Å². The molecule has 3 N–H and O–H groups in total. The van der Waals surface area contributed by atoms with Crippen LogP contribution >= 0.6 is 15.6 Å². The molecule has 0 aliphatic rings. The Labute approximate surface area is 486 Å². The number of unbranched alkanes of at least 4 members (excludes halogenated alkanes) is 33. The lowest BCUT2D eigenvalue weighted by molar-refractivity contribution is -0.161. The number of esters is 4. The summed E-state index contributed by atoms with van der Waals surface area (Å²) >= 11 is 0. The molecule has 0 heterocycles. The first-order chi connectivity index (χ1) is 38.5. The molecule has 474 valence electrons. The van der Waals surface area contributed by atoms with Gasteiger partial charge in [0.05, 0.1) is 26.4 Å². The van der Waals surface area contributed by atoms with Crippen LogP contribution in [0.25, 0.3) is 0 Å². The SMILES string of the molecule is CCCCCCCCCCCC(=O)OC[C@H](COP(=O)(O)OC[C@@H](O)COP(=O)(O)OC[C@@H](COC(=O)CCCCCCCCCC)OC(=O)CCCCCCCCCC)OC(=O)CCCCCCCCCCCCCCC(C)C. The normalized spacial score (nSPS) is 14.3. The Morgan fingerprint density at radius 1 is 0.338 bits per heavy atom. The van der Waals surface area contributed by atoms with E-state index in [4.69, 9.17) is 37.0 Å². The van der Waals surface area contributed by atoms with Crippen LogP contribution in [0.1, 0.15) is 304 Å². The van der Waals surface area contributed by atoms with E-state index in [-0.39, 0.29) is 25.7 Å². The van der Waals surface area contributed by atoms with Crippen LogP contribution in [-0.2, 0) is 65.4 Å². The van der Waals surface area contributed by atoms with Crippen molar-refractivity contribution in [1.29, 1.82) is 0 Å². The molecule has 0 radical (unpaired) electrons. The Morgan fingerprint density at radius 2 is 0.575 bits per heavy atom. The number of phosphoric acid groups is 2. The molecular formula is C61H118O17P2. The summed E-state index contributed by atoms with van der Waals surface area (Å²) in [5, 5.41) is 10.5. The first-order valence-electron chi connectivity index (χ1n) is 32.1. The van der Waals surface area contributed by atoms with Crippen molar-refractivity contribution in [1.82, 2.24) is 0 Å². The molecule has 0 rings (SSSR count). The predicted molar refractivity (Wildman–Crippen MR) is 317 cm³/mol. The van der Waals surface area contributed by atoms with Gasteiger partial charge >= 0.3 is 39.5 Å². The highest BCUT2D eigenvalue weighted by molar-refractivity contribution is 7.47. The summed E-state index contributed by atoms with van der Waals surface area (Å²) in [7, 11) is -9.87. The maximum Gasteiger partial charge on any atom is 0.472 e. The Balaban J connectivity index is 5.18. The van der Waals surface area contributed by atoms with E-state index < -0.39 is 97.5 Å².